The molecule has 2 aliphatic carbocycles. The van der Waals surface area contributed by atoms with E-state index in [2.05, 4.69) is 255 Å². The first-order chi connectivity index (χ1) is 35.3. The van der Waals surface area contributed by atoms with E-state index in [1.165, 1.54) is 137 Å². The predicted octanol–water partition coefficient (Wildman–Crippen LogP) is 16.9. The second kappa shape index (κ2) is 16.4. The molecule has 5 aliphatic rings. The average molecular weight is 966 g/mol. The van der Waals surface area contributed by atoms with Crippen molar-refractivity contribution in [2.75, 3.05) is 14.7 Å². The summed E-state index contributed by atoms with van der Waals surface area (Å²) in [7, 11) is 0. The van der Waals surface area contributed by atoms with Gasteiger partial charge in [0.25, 0.3) is 6.71 Å². The molecule has 1 fully saturated rings. The monoisotopic (exact) mass is 966 g/mol. The summed E-state index contributed by atoms with van der Waals surface area (Å²) in [6.45, 7) is 26.4. The van der Waals surface area contributed by atoms with Crippen molar-refractivity contribution in [1.82, 2.24) is 0 Å². The molecule has 13 rings (SSSR count). The van der Waals surface area contributed by atoms with Crippen LogP contribution in [0.5, 0.6) is 0 Å². The minimum atomic E-state index is -0.0712. The Kier molecular flexibility index (Phi) is 10.4. The summed E-state index contributed by atoms with van der Waals surface area (Å²) in [4.78, 5) is 8.15. The van der Waals surface area contributed by atoms with Crippen molar-refractivity contribution < 1.29 is 0 Å². The van der Waals surface area contributed by atoms with Gasteiger partial charge in [-0.1, -0.05) is 178 Å². The number of hydrogen-bond acceptors (Lipinski definition) is 3. The fourth-order valence-electron chi connectivity index (χ4n) is 14.5. The second-order valence-corrected chi connectivity index (χ2v) is 26.1. The Morgan fingerprint density at radius 2 is 0.986 bits per heavy atom. The molecule has 0 aromatic heterocycles. The molecule has 3 aliphatic heterocycles. The van der Waals surface area contributed by atoms with Crippen molar-refractivity contribution in [2.45, 2.75) is 136 Å². The minimum Gasteiger partial charge on any atom is -0.334 e. The highest BCUT2D eigenvalue weighted by Crippen LogP contribution is 2.61. The molecule has 8 aromatic rings. The van der Waals surface area contributed by atoms with E-state index >= 15 is 0 Å². The smallest absolute Gasteiger partial charge is 0.252 e. The van der Waals surface area contributed by atoms with Crippen LogP contribution in [0.4, 0.5) is 45.5 Å². The third kappa shape index (κ3) is 7.06. The van der Waals surface area contributed by atoms with Gasteiger partial charge in [-0.3, -0.25) is 0 Å². The van der Waals surface area contributed by atoms with E-state index in [0.29, 0.717) is 0 Å². The third-order valence-corrected chi connectivity index (χ3v) is 18.5. The van der Waals surface area contributed by atoms with Crippen LogP contribution >= 0.6 is 0 Å². The SMILES string of the molecule is Cc1cc2c3c(c1)N(c1ccc(C(C)(C)C)cc1-c1ccccc1)c1cc4c(cc1B3c1ccc(N3c5ccccc5C5(C)CCCCC35C)cc1N2c1ccc(C(C)(C)C)cc1-c1ccccc1)CC(C)(C)C4. The average Bonchev–Trinajstić information content (AvgIpc) is 3.84. The molecule has 74 heavy (non-hydrogen) atoms. The van der Waals surface area contributed by atoms with Crippen LogP contribution in [-0.4, -0.2) is 12.3 Å². The number of anilines is 8. The van der Waals surface area contributed by atoms with Crippen molar-refractivity contribution in [2.24, 2.45) is 5.41 Å². The van der Waals surface area contributed by atoms with Crippen molar-refractivity contribution in [3.8, 4) is 22.3 Å². The number of benzene rings is 8. The Morgan fingerprint density at radius 1 is 0.459 bits per heavy atom. The quantitative estimate of drug-likeness (QED) is 0.159. The Hall–Kier alpha value is -6.78. The topological polar surface area (TPSA) is 9.72 Å². The van der Waals surface area contributed by atoms with Gasteiger partial charge in [-0.05, 0) is 177 Å². The Balaban J connectivity index is 1.13. The Bertz CT molecular complexity index is 3580. The lowest BCUT2D eigenvalue weighted by molar-refractivity contribution is 0.195. The van der Waals surface area contributed by atoms with Gasteiger partial charge in [0.05, 0.1) is 16.9 Å². The van der Waals surface area contributed by atoms with Gasteiger partial charge in [-0.25, -0.2) is 0 Å². The Morgan fingerprint density at radius 3 is 1.57 bits per heavy atom. The first kappa shape index (κ1) is 47.0. The van der Waals surface area contributed by atoms with Crippen LogP contribution in [0, 0.1) is 12.3 Å². The van der Waals surface area contributed by atoms with E-state index in [0.717, 1.165) is 19.3 Å². The van der Waals surface area contributed by atoms with Crippen LogP contribution in [-0.2, 0) is 29.1 Å². The minimum absolute atomic E-state index is 0.00519. The van der Waals surface area contributed by atoms with Gasteiger partial charge in [0.15, 0.2) is 0 Å². The second-order valence-electron chi connectivity index (χ2n) is 26.1. The highest BCUT2D eigenvalue weighted by molar-refractivity contribution is 7.00. The molecule has 1 saturated carbocycles. The molecule has 4 heteroatoms. The zero-order valence-electron chi connectivity index (χ0n) is 45.8. The zero-order chi connectivity index (χ0) is 51.3. The highest BCUT2D eigenvalue weighted by Gasteiger charge is 2.58. The first-order valence-electron chi connectivity index (χ1n) is 27.7. The van der Waals surface area contributed by atoms with Crippen molar-refractivity contribution >= 4 is 68.6 Å². The molecule has 0 radical (unpaired) electrons. The van der Waals surface area contributed by atoms with Crippen molar-refractivity contribution in [3.05, 3.63) is 197 Å². The molecule has 0 spiro atoms. The molecule has 3 nitrogen and oxygen atoms in total. The van der Waals surface area contributed by atoms with Crippen LogP contribution < -0.4 is 31.1 Å². The summed E-state index contributed by atoms with van der Waals surface area (Å²) in [6, 6.07) is 64.2. The van der Waals surface area contributed by atoms with Crippen molar-refractivity contribution in [3.63, 3.8) is 0 Å². The van der Waals surface area contributed by atoms with Gasteiger partial charge < -0.3 is 14.7 Å². The van der Waals surface area contributed by atoms with E-state index in [-0.39, 0.29) is 33.9 Å². The van der Waals surface area contributed by atoms with Crippen LogP contribution in [0.1, 0.15) is 128 Å². The molecule has 8 aromatic carbocycles. The van der Waals surface area contributed by atoms with Crippen LogP contribution in [0.25, 0.3) is 22.3 Å². The van der Waals surface area contributed by atoms with Gasteiger partial charge in [0, 0.05) is 50.7 Å². The number of nitrogens with zero attached hydrogens (tertiary/aromatic N) is 3. The number of fused-ring (bicyclic) bond motifs is 8. The van der Waals surface area contributed by atoms with E-state index in [1.54, 1.807) is 0 Å². The molecular formula is C70H72BN3. The van der Waals surface area contributed by atoms with Gasteiger partial charge >= 0.3 is 0 Å². The lowest BCUT2D eigenvalue weighted by Gasteiger charge is -2.50. The molecule has 0 bridgehead atoms. The molecule has 0 saturated heterocycles. The van der Waals surface area contributed by atoms with Gasteiger partial charge in [0.2, 0.25) is 0 Å². The summed E-state index contributed by atoms with van der Waals surface area (Å²) in [5.74, 6) is 0. The fraction of sp³-hybridized carbons (Fsp3) is 0.314. The first-order valence-corrected chi connectivity index (χ1v) is 27.7. The molecule has 0 amide bonds. The number of aryl methyl sites for hydroxylation is 1. The van der Waals surface area contributed by atoms with Crippen LogP contribution in [0.2, 0.25) is 0 Å². The zero-order valence-corrected chi connectivity index (χ0v) is 45.8. The maximum atomic E-state index is 2.77. The van der Waals surface area contributed by atoms with Crippen LogP contribution in [0.15, 0.2) is 164 Å². The summed E-state index contributed by atoms with van der Waals surface area (Å²) in [5.41, 5.74) is 27.8. The maximum absolute atomic E-state index is 2.77. The molecule has 0 N–H and O–H groups in total. The number of hydrogen-bond donors (Lipinski definition) is 0. The largest absolute Gasteiger partial charge is 0.334 e. The fourth-order valence-corrected chi connectivity index (χ4v) is 14.5. The molecular weight excluding hydrogens is 894 g/mol. The highest BCUT2D eigenvalue weighted by atomic mass is 15.3. The molecule has 370 valence electrons. The van der Waals surface area contributed by atoms with Crippen LogP contribution in [0.3, 0.4) is 0 Å². The Labute approximate surface area is 442 Å². The van der Waals surface area contributed by atoms with Gasteiger partial charge in [-0.15, -0.1) is 0 Å². The van der Waals surface area contributed by atoms with Gasteiger partial charge in [-0.2, -0.15) is 0 Å². The summed E-state index contributed by atoms with van der Waals surface area (Å²) < 4.78 is 0. The lowest BCUT2D eigenvalue weighted by atomic mass is 9.33. The predicted molar refractivity (Wildman–Crippen MR) is 317 cm³/mol. The maximum Gasteiger partial charge on any atom is 0.252 e. The summed E-state index contributed by atoms with van der Waals surface area (Å²) >= 11 is 0. The van der Waals surface area contributed by atoms with Crippen molar-refractivity contribution in [1.29, 1.82) is 0 Å². The summed E-state index contributed by atoms with van der Waals surface area (Å²) in [5, 5.41) is 0. The lowest BCUT2D eigenvalue weighted by Crippen LogP contribution is -2.61. The number of rotatable bonds is 5. The molecule has 2 atom stereocenters. The standard InChI is InChI=1S/C70H72BN3/c1-45-36-63-65-64(37-45)73(59-33-29-51(67(5,6)7)41-54(59)47-24-16-13-17-25-47)62-42-52(74-60-27-19-18-26-55(60)69(10)34-20-21-35-70(69,74)11)30-31-56(62)71(65)57-38-48-43-68(8,9)44-49(48)39-61(57)72(63)58-32-28-50(66(2,3)4)40-53(58)46-22-14-12-15-23-46/h12-19,22-33,36-42H,20-21,34-35,43-44H2,1-11H3. The third-order valence-electron chi connectivity index (χ3n) is 18.5. The van der Waals surface area contributed by atoms with E-state index in [1.807, 2.05) is 0 Å². The summed E-state index contributed by atoms with van der Waals surface area (Å²) in [6.07, 6.45) is 7.02. The molecule has 3 heterocycles. The normalized spacial score (nSPS) is 20.1. The van der Waals surface area contributed by atoms with E-state index in [4.69, 9.17) is 0 Å². The molecule has 2 unspecified atom stereocenters. The van der Waals surface area contributed by atoms with Gasteiger partial charge in [0.1, 0.15) is 0 Å². The van der Waals surface area contributed by atoms with E-state index < -0.39 is 0 Å². The van der Waals surface area contributed by atoms with E-state index in [9.17, 15) is 0 Å². The number of para-hydroxylation sites is 1.